The summed E-state index contributed by atoms with van der Waals surface area (Å²) in [5.41, 5.74) is -2.10. The van der Waals surface area contributed by atoms with Gasteiger partial charge in [0.1, 0.15) is 17.0 Å². The zero-order valence-corrected chi connectivity index (χ0v) is 15.2. The second-order valence-electron chi connectivity index (χ2n) is 5.68. The third-order valence-corrected chi connectivity index (χ3v) is 4.92. The van der Waals surface area contributed by atoms with Crippen molar-refractivity contribution < 1.29 is 37.4 Å². The number of para-hydroxylation sites is 1. The molecule has 1 unspecified atom stereocenters. The highest BCUT2D eigenvalue weighted by atomic mass is 35.5. The van der Waals surface area contributed by atoms with Crippen LogP contribution in [-0.4, -0.2) is 58.2 Å². The van der Waals surface area contributed by atoms with Gasteiger partial charge in [0.25, 0.3) is 10.1 Å². The molecular weight excluding hydrogens is 402 g/mol. The summed E-state index contributed by atoms with van der Waals surface area (Å²) in [7, 11) is -4.85. The first-order chi connectivity index (χ1) is 12.8. The van der Waals surface area contributed by atoms with Crippen molar-refractivity contribution in [3.8, 4) is 11.6 Å². The van der Waals surface area contributed by atoms with Gasteiger partial charge < -0.3 is 24.4 Å². The number of hydrogen-bond acceptors (Lipinski definition) is 8. The van der Waals surface area contributed by atoms with Crippen molar-refractivity contribution in [3.63, 3.8) is 0 Å². The molecule has 0 bridgehead atoms. The first kappa shape index (κ1) is 19.8. The molecule has 2 heterocycles. The van der Waals surface area contributed by atoms with Crippen molar-refractivity contribution in [2.45, 2.75) is 30.0 Å². The molecule has 146 valence electrons. The molecular formula is C16H16ClNO8S. The standard InChI is InChI=1S/C16H16ClNO8S/c17-10-7-4-8-11(18-10)25-14-12(19)15(24-9-5-2-1-3-6-9)26-16(13(14)20)27(21,22)23/h1-8,12-16,19-20H,(H,21,22,23)/t12-,13+,14-,15-,16?/m1/s1. The predicted octanol–water partition coefficient (Wildman–Crippen LogP) is 0.853. The van der Waals surface area contributed by atoms with Gasteiger partial charge in [-0.25, -0.2) is 4.98 Å². The smallest absolute Gasteiger partial charge is 0.295 e. The van der Waals surface area contributed by atoms with Crippen molar-refractivity contribution >= 4 is 21.7 Å². The predicted molar refractivity (Wildman–Crippen MR) is 93.0 cm³/mol. The van der Waals surface area contributed by atoms with Crippen molar-refractivity contribution in [2.24, 2.45) is 0 Å². The molecule has 11 heteroatoms. The van der Waals surface area contributed by atoms with Crippen LogP contribution in [0.1, 0.15) is 0 Å². The highest BCUT2D eigenvalue weighted by molar-refractivity contribution is 7.86. The average Bonchev–Trinajstić information content (AvgIpc) is 2.61. The van der Waals surface area contributed by atoms with Crippen LogP contribution in [0.5, 0.6) is 11.6 Å². The molecule has 1 aliphatic heterocycles. The fourth-order valence-electron chi connectivity index (χ4n) is 2.52. The van der Waals surface area contributed by atoms with E-state index in [1.165, 1.54) is 18.2 Å². The molecule has 0 spiro atoms. The summed E-state index contributed by atoms with van der Waals surface area (Å²) in [6.45, 7) is 0. The number of pyridine rings is 1. The molecule has 3 N–H and O–H groups in total. The Kier molecular flexibility index (Phi) is 5.84. The van der Waals surface area contributed by atoms with Crippen LogP contribution in [0.3, 0.4) is 0 Å². The van der Waals surface area contributed by atoms with Gasteiger partial charge >= 0.3 is 0 Å². The van der Waals surface area contributed by atoms with E-state index in [1.54, 1.807) is 30.3 Å². The van der Waals surface area contributed by atoms with Gasteiger partial charge in [0.2, 0.25) is 17.6 Å². The molecule has 0 aliphatic carbocycles. The maximum absolute atomic E-state index is 11.6. The quantitative estimate of drug-likeness (QED) is 0.477. The van der Waals surface area contributed by atoms with Crippen LogP contribution in [0.2, 0.25) is 5.15 Å². The topological polar surface area (TPSA) is 135 Å². The summed E-state index contributed by atoms with van der Waals surface area (Å²) in [4.78, 5) is 3.86. The highest BCUT2D eigenvalue weighted by Crippen LogP contribution is 2.29. The summed E-state index contributed by atoms with van der Waals surface area (Å²) in [6, 6.07) is 12.5. The third kappa shape index (κ3) is 4.67. The van der Waals surface area contributed by atoms with Crippen LogP contribution in [0.25, 0.3) is 0 Å². The third-order valence-electron chi connectivity index (χ3n) is 3.73. The maximum atomic E-state index is 11.6. The van der Waals surface area contributed by atoms with Crippen LogP contribution in [0.4, 0.5) is 0 Å². The second kappa shape index (κ2) is 7.97. The highest BCUT2D eigenvalue weighted by Gasteiger charge is 2.52. The minimum absolute atomic E-state index is 0.0694. The first-order valence-corrected chi connectivity index (χ1v) is 9.62. The second-order valence-corrected chi connectivity index (χ2v) is 7.56. The Bertz CT molecular complexity index is 881. The number of aromatic nitrogens is 1. The lowest BCUT2D eigenvalue weighted by Gasteiger charge is -2.40. The minimum Gasteiger partial charge on any atom is -0.468 e. The van der Waals surface area contributed by atoms with Crippen LogP contribution >= 0.6 is 11.6 Å². The van der Waals surface area contributed by atoms with Crippen LogP contribution in [0, 0.1) is 0 Å². The van der Waals surface area contributed by atoms with Gasteiger partial charge in [-0.2, -0.15) is 8.42 Å². The van der Waals surface area contributed by atoms with E-state index in [1.807, 2.05) is 0 Å². The molecule has 1 aliphatic rings. The van der Waals surface area contributed by atoms with Gasteiger partial charge in [-0.3, -0.25) is 4.55 Å². The molecule has 1 fully saturated rings. The molecule has 1 aromatic heterocycles. The largest absolute Gasteiger partial charge is 0.468 e. The van der Waals surface area contributed by atoms with E-state index in [9.17, 15) is 23.2 Å². The van der Waals surface area contributed by atoms with E-state index in [-0.39, 0.29) is 16.8 Å². The number of aliphatic hydroxyl groups excluding tert-OH is 2. The van der Waals surface area contributed by atoms with E-state index in [0.717, 1.165) is 0 Å². The van der Waals surface area contributed by atoms with Gasteiger partial charge in [-0.1, -0.05) is 35.9 Å². The monoisotopic (exact) mass is 417 g/mol. The molecule has 1 saturated heterocycles. The molecule has 27 heavy (non-hydrogen) atoms. The van der Waals surface area contributed by atoms with Crippen molar-refractivity contribution in [3.05, 3.63) is 53.7 Å². The lowest BCUT2D eigenvalue weighted by molar-refractivity contribution is -0.249. The van der Waals surface area contributed by atoms with Gasteiger partial charge in [-0.05, 0) is 18.2 Å². The summed E-state index contributed by atoms with van der Waals surface area (Å²) in [6.07, 6.45) is -6.62. The fourth-order valence-corrected chi connectivity index (χ4v) is 3.43. The summed E-state index contributed by atoms with van der Waals surface area (Å²) < 4.78 is 48.5. The van der Waals surface area contributed by atoms with Gasteiger partial charge in [0, 0.05) is 6.07 Å². The van der Waals surface area contributed by atoms with E-state index < -0.39 is 40.2 Å². The zero-order valence-electron chi connectivity index (χ0n) is 13.6. The zero-order chi connectivity index (χ0) is 19.6. The van der Waals surface area contributed by atoms with Crippen LogP contribution < -0.4 is 9.47 Å². The van der Waals surface area contributed by atoms with E-state index >= 15 is 0 Å². The van der Waals surface area contributed by atoms with E-state index in [2.05, 4.69) is 4.98 Å². The molecule has 5 atom stereocenters. The van der Waals surface area contributed by atoms with E-state index in [0.29, 0.717) is 0 Å². The molecule has 0 saturated carbocycles. The minimum atomic E-state index is -4.85. The summed E-state index contributed by atoms with van der Waals surface area (Å²) in [5.74, 6) is 0.201. The van der Waals surface area contributed by atoms with Crippen molar-refractivity contribution in [1.29, 1.82) is 0 Å². The lowest BCUT2D eigenvalue weighted by atomic mass is 10.0. The molecule has 0 radical (unpaired) electrons. The molecule has 0 amide bonds. The Labute approximate surface area is 159 Å². The normalized spacial score (nSPS) is 28.5. The Hall–Kier alpha value is -1.95. The molecule has 3 rings (SSSR count). The summed E-state index contributed by atoms with van der Waals surface area (Å²) >= 11 is 5.77. The number of halogens is 1. The van der Waals surface area contributed by atoms with Gasteiger partial charge in [0.05, 0.1) is 0 Å². The van der Waals surface area contributed by atoms with Gasteiger partial charge in [0.15, 0.2) is 12.2 Å². The number of rotatable bonds is 5. The number of benzene rings is 1. The SMILES string of the molecule is O=S(=O)(O)C1O[C@@H](Oc2ccccc2)[C@H](O)[C@@H](Oc2cccc(Cl)n2)[C@@H]1O. The molecule has 1 aromatic carbocycles. The van der Waals surface area contributed by atoms with Gasteiger partial charge in [-0.15, -0.1) is 0 Å². The Morgan fingerprint density at radius 1 is 1.00 bits per heavy atom. The Morgan fingerprint density at radius 3 is 2.33 bits per heavy atom. The lowest BCUT2D eigenvalue weighted by Crippen LogP contribution is -2.62. The summed E-state index contributed by atoms with van der Waals surface area (Å²) in [5, 5.41) is 20.9. The van der Waals surface area contributed by atoms with Crippen LogP contribution in [-0.2, 0) is 14.9 Å². The first-order valence-electron chi connectivity index (χ1n) is 7.74. The molecule has 9 nitrogen and oxygen atoms in total. The molecule has 2 aromatic rings. The van der Waals surface area contributed by atoms with E-state index in [4.69, 9.17) is 25.8 Å². The number of nitrogens with zero attached hydrogens (tertiary/aromatic N) is 1. The Balaban J connectivity index is 1.89. The Morgan fingerprint density at radius 2 is 1.70 bits per heavy atom. The van der Waals surface area contributed by atoms with Crippen molar-refractivity contribution in [1.82, 2.24) is 4.98 Å². The van der Waals surface area contributed by atoms with Crippen LogP contribution in [0.15, 0.2) is 48.5 Å². The fraction of sp³-hybridized carbons (Fsp3) is 0.312. The maximum Gasteiger partial charge on any atom is 0.295 e. The number of ether oxygens (including phenoxy) is 3. The average molecular weight is 418 g/mol. The number of hydrogen-bond donors (Lipinski definition) is 3. The van der Waals surface area contributed by atoms with Crippen molar-refractivity contribution in [2.75, 3.05) is 0 Å². The number of aliphatic hydroxyl groups is 2.